The molecule has 2 N–H and O–H groups in total. The zero-order valence-corrected chi connectivity index (χ0v) is 10.4. The molecule has 1 fully saturated rings. The van der Waals surface area contributed by atoms with E-state index >= 15 is 0 Å². The van der Waals surface area contributed by atoms with Crippen molar-refractivity contribution in [1.29, 1.82) is 0 Å². The standard InChI is InChI=1S/C12H15ClN2O2/c1-12(6-2-3-7-12)15-10-8(11(16)17)4-5-9(13)14-10/h4-5H,2-3,6-7H2,1H3,(H,14,15)(H,16,17). The maximum Gasteiger partial charge on any atom is 0.339 e. The summed E-state index contributed by atoms with van der Waals surface area (Å²) in [5.74, 6) is -0.618. The Morgan fingerprint density at radius 3 is 2.71 bits per heavy atom. The Bertz CT molecular complexity index is 442. The molecule has 1 aromatic rings. The molecule has 0 amide bonds. The molecule has 0 aromatic carbocycles. The molecule has 92 valence electrons. The number of hydrogen-bond donors (Lipinski definition) is 2. The minimum Gasteiger partial charge on any atom is -0.478 e. The van der Waals surface area contributed by atoms with Crippen LogP contribution in [0, 0.1) is 0 Å². The van der Waals surface area contributed by atoms with E-state index in [9.17, 15) is 4.79 Å². The van der Waals surface area contributed by atoms with Crippen LogP contribution in [0.3, 0.4) is 0 Å². The van der Waals surface area contributed by atoms with E-state index in [2.05, 4.69) is 17.2 Å². The van der Waals surface area contributed by atoms with E-state index in [1.54, 1.807) is 0 Å². The van der Waals surface area contributed by atoms with Crippen molar-refractivity contribution in [2.24, 2.45) is 0 Å². The van der Waals surface area contributed by atoms with Gasteiger partial charge in [-0.25, -0.2) is 9.78 Å². The lowest BCUT2D eigenvalue weighted by molar-refractivity contribution is 0.0697. The maximum absolute atomic E-state index is 11.1. The van der Waals surface area contributed by atoms with Crippen molar-refractivity contribution in [3.05, 3.63) is 22.8 Å². The van der Waals surface area contributed by atoms with Crippen molar-refractivity contribution in [2.75, 3.05) is 5.32 Å². The molecule has 0 spiro atoms. The maximum atomic E-state index is 11.1. The van der Waals surface area contributed by atoms with Gasteiger partial charge in [0, 0.05) is 5.54 Å². The largest absolute Gasteiger partial charge is 0.478 e. The van der Waals surface area contributed by atoms with Gasteiger partial charge in [-0.3, -0.25) is 0 Å². The van der Waals surface area contributed by atoms with Crippen LogP contribution in [0.15, 0.2) is 12.1 Å². The highest BCUT2D eigenvalue weighted by Gasteiger charge is 2.30. The summed E-state index contributed by atoms with van der Waals surface area (Å²) in [6.07, 6.45) is 4.37. The predicted octanol–water partition coefficient (Wildman–Crippen LogP) is 3.18. The van der Waals surface area contributed by atoms with Crippen LogP contribution in [0.2, 0.25) is 5.15 Å². The summed E-state index contributed by atoms with van der Waals surface area (Å²) in [6.45, 7) is 2.09. The highest BCUT2D eigenvalue weighted by Crippen LogP contribution is 2.33. The van der Waals surface area contributed by atoms with Gasteiger partial charge >= 0.3 is 5.97 Å². The molecule has 1 aromatic heterocycles. The van der Waals surface area contributed by atoms with E-state index in [1.165, 1.54) is 12.1 Å². The monoisotopic (exact) mass is 254 g/mol. The third-order valence-corrected chi connectivity index (χ3v) is 3.43. The first-order valence-corrected chi connectivity index (χ1v) is 6.06. The topological polar surface area (TPSA) is 62.2 Å². The average molecular weight is 255 g/mol. The summed E-state index contributed by atoms with van der Waals surface area (Å²) < 4.78 is 0. The Morgan fingerprint density at radius 1 is 1.47 bits per heavy atom. The molecule has 0 unspecified atom stereocenters. The fraction of sp³-hybridized carbons (Fsp3) is 0.500. The van der Waals surface area contributed by atoms with Gasteiger partial charge < -0.3 is 10.4 Å². The lowest BCUT2D eigenvalue weighted by Crippen LogP contribution is -2.32. The van der Waals surface area contributed by atoms with Gasteiger partial charge in [0.2, 0.25) is 0 Å². The highest BCUT2D eigenvalue weighted by atomic mass is 35.5. The number of nitrogens with one attached hydrogen (secondary N) is 1. The number of carbonyl (C=O) groups is 1. The van der Waals surface area contributed by atoms with E-state index in [0.717, 1.165) is 25.7 Å². The fourth-order valence-electron chi connectivity index (χ4n) is 2.27. The van der Waals surface area contributed by atoms with Gasteiger partial charge in [0.15, 0.2) is 0 Å². The summed E-state index contributed by atoms with van der Waals surface area (Å²) in [4.78, 5) is 15.2. The van der Waals surface area contributed by atoms with E-state index < -0.39 is 5.97 Å². The summed E-state index contributed by atoms with van der Waals surface area (Å²) in [5, 5.41) is 12.6. The first-order valence-electron chi connectivity index (χ1n) is 5.68. The number of pyridine rings is 1. The fourth-order valence-corrected chi connectivity index (χ4v) is 2.42. The Balaban J connectivity index is 2.30. The molecular formula is C12H15ClN2O2. The minimum atomic E-state index is -0.988. The summed E-state index contributed by atoms with van der Waals surface area (Å²) >= 11 is 5.81. The summed E-state index contributed by atoms with van der Waals surface area (Å²) in [6, 6.07) is 2.98. The Kier molecular flexibility index (Phi) is 3.24. The van der Waals surface area contributed by atoms with Crippen LogP contribution < -0.4 is 5.32 Å². The van der Waals surface area contributed by atoms with Crippen molar-refractivity contribution in [2.45, 2.75) is 38.1 Å². The third-order valence-electron chi connectivity index (χ3n) is 3.22. The van der Waals surface area contributed by atoms with Crippen LogP contribution >= 0.6 is 11.6 Å². The van der Waals surface area contributed by atoms with Crippen LogP contribution in [-0.2, 0) is 0 Å². The normalized spacial score (nSPS) is 18.0. The number of rotatable bonds is 3. The molecule has 17 heavy (non-hydrogen) atoms. The van der Waals surface area contributed by atoms with E-state index in [1.807, 2.05) is 0 Å². The number of carboxylic acid groups (broad SMARTS) is 1. The van der Waals surface area contributed by atoms with Crippen LogP contribution in [0.1, 0.15) is 43.0 Å². The molecule has 5 heteroatoms. The van der Waals surface area contributed by atoms with Crippen molar-refractivity contribution in [1.82, 2.24) is 4.98 Å². The molecule has 1 aliphatic carbocycles. The zero-order valence-electron chi connectivity index (χ0n) is 9.66. The van der Waals surface area contributed by atoms with Crippen molar-refractivity contribution in [3.63, 3.8) is 0 Å². The van der Waals surface area contributed by atoms with E-state index in [0.29, 0.717) is 11.0 Å². The quantitative estimate of drug-likeness (QED) is 0.814. The highest BCUT2D eigenvalue weighted by molar-refractivity contribution is 6.29. The van der Waals surface area contributed by atoms with Gasteiger partial charge in [-0.1, -0.05) is 24.4 Å². The van der Waals surface area contributed by atoms with Crippen molar-refractivity contribution >= 4 is 23.4 Å². The summed E-state index contributed by atoms with van der Waals surface area (Å²) in [5.41, 5.74) is 0.101. The van der Waals surface area contributed by atoms with Crippen LogP contribution in [-0.4, -0.2) is 21.6 Å². The number of nitrogens with zero attached hydrogens (tertiary/aromatic N) is 1. The van der Waals surface area contributed by atoms with Crippen LogP contribution in [0.25, 0.3) is 0 Å². The van der Waals surface area contributed by atoms with Crippen molar-refractivity contribution < 1.29 is 9.90 Å². The molecule has 0 bridgehead atoms. The van der Waals surface area contributed by atoms with Gasteiger partial charge in [0.05, 0.1) is 0 Å². The average Bonchev–Trinajstić information content (AvgIpc) is 2.64. The SMILES string of the molecule is CC1(Nc2nc(Cl)ccc2C(=O)O)CCCC1. The lowest BCUT2D eigenvalue weighted by Gasteiger charge is -2.26. The first-order chi connectivity index (χ1) is 8.00. The Hall–Kier alpha value is -1.29. The third kappa shape index (κ3) is 2.69. The number of hydrogen-bond acceptors (Lipinski definition) is 3. The number of aromatic carboxylic acids is 1. The number of anilines is 1. The van der Waals surface area contributed by atoms with Gasteiger partial charge in [-0.2, -0.15) is 0 Å². The van der Waals surface area contributed by atoms with Gasteiger partial charge in [-0.15, -0.1) is 0 Å². The molecule has 1 saturated carbocycles. The number of halogens is 1. The second-order valence-electron chi connectivity index (χ2n) is 4.73. The molecule has 2 rings (SSSR count). The van der Waals surface area contributed by atoms with Crippen LogP contribution in [0.5, 0.6) is 0 Å². The second kappa shape index (κ2) is 4.53. The lowest BCUT2D eigenvalue weighted by atomic mass is 10.0. The molecule has 1 aliphatic rings. The molecular weight excluding hydrogens is 240 g/mol. The van der Waals surface area contributed by atoms with E-state index in [4.69, 9.17) is 16.7 Å². The molecule has 4 nitrogen and oxygen atoms in total. The first kappa shape index (κ1) is 12.2. The smallest absolute Gasteiger partial charge is 0.339 e. The van der Waals surface area contributed by atoms with E-state index in [-0.39, 0.29) is 11.1 Å². The van der Waals surface area contributed by atoms with Gasteiger partial charge in [0.25, 0.3) is 0 Å². The Labute approximate surface area is 105 Å². The number of aromatic nitrogens is 1. The Morgan fingerprint density at radius 2 is 2.12 bits per heavy atom. The summed E-state index contributed by atoms with van der Waals surface area (Å²) in [7, 11) is 0. The van der Waals surface area contributed by atoms with Crippen LogP contribution in [0.4, 0.5) is 5.82 Å². The molecule has 0 radical (unpaired) electrons. The molecule has 0 saturated heterocycles. The predicted molar refractivity (Wildman–Crippen MR) is 66.7 cm³/mol. The number of carboxylic acids is 1. The second-order valence-corrected chi connectivity index (χ2v) is 5.12. The molecule has 0 atom stereocenters. The van der Waals surface area contributed by atoms with Gasteiger partial charge in [0.1, 0.15) is 16.5 Å². The molecule has 1 heterocycles. The van der Waals surface area contributed by atoms with Gasteiger partial charge in [-0.05, 0) is 31.9 Å². The van der Waals surface area contributed by atoms with Crippen molar-refractivity contribution in [3.8, 4) is 0 Å². The molecule has 0 aliphatic heterocycles. The zero-order chi connectivity index (χ0) is 12.5. The minimum absolute atomic E-state index is 0.0676.